The van der Waals surface area contributed by atoms with Gasteiger partial charge >= 0.3 is 5.97 Å². The summed E-state index contributed by atoms with van der Waals surface area (Å²) in [5.41, 5.74) is 0.878. The van der Waals surface area contributed by atoms with Crippen LogP contribution in [0.2, 0.25) is 0 Å². The maximum atomic E-state index is 12.3. The molecule has 20 heavy (non-hydrogen) atoms. The third-order valence-corrected chi connectivity index (χ3v) is 5.94. The Bertz CT molecular complexity index is 570. The third kappa shape index (κ3) is 1.61. The van der Waals surface area contributed by atoms with E-state index < -0.39 is 11.9 Å². The Morgan fingerprint density at radius 2 is 2.05 bits per heavy atom. The number of ether oxygens (including phenoxy) is 2. The number of fused-ring (bicyclic) bond motifs is 1. The summed E-state index contributed by atoms with van der Waals surface area (Å²) in [7, 11) is 0. The van der Waals surface area contributed by atoms with Gasteiger partial charge in [-0.2, -0.15) is 0 Å². The average molecular weight is 288 g/mol. The molecule has 3 nitrogen and oxygen atoms in total. The minimum atomic E-state index is -0.762. The summed E-state index contributed by atoms with van der Waals surface area (Å²) >= 11 is 1.83. The number of esters is 1. The Labute approximate surface area is 122 Å². The maximum Gasteiger partial charge on any atom is 0.342 e. The Morgan fingerprint density at radius 1 is 1.20 bits per heavy atom. The smallest absolute Gasteiger partial charge is 0.342 e. The zero-order valence-corrected chi connectivity index (χ0v) is 11.9. The van der Waals surface area contributed by atoms with Gasteiger partial charge in [0.05, 0.1) is 4.75 Å². The van der Waals surface area contributed by atoms with E-state index in [4.69, 9.17) is 9.47 Å². The van der Waals surface area contributed by atoms with Crippen LogP contribution in [0.3, 0.4) is 0 Å². The molecule has 3 atom stereocenters. The summed E-state index contributed by atoms with van der Waals surface area (Å²) in [6, 6.07) is 9.62. The van der Waals surface area contributed by atoms with Gasteiger partial charge in [0.2, 0.25) is 5.79 Å². The number of carbonyl (C=O) groups is 1. The molecule has 1 saturated heterocycles. The summed E-state index contributed by atoms with van der Waals surface area (Å²) in [5, 5.41) is 0. The fraction of sp³-hybridized carbons (Fsp3) is 0.438. The Morgan fingerprint density at radius 3 is 2.80 bits per heavy atom. The van der Waals surface area contributed by atoms with Gasteiger partial charge in [-0.3, -0.25) is 0 Å². The SMILES string of the molecule is O=C1O[C@]2(CCC[C@]23C=CCS3)OC1c1ccccc1. The molecule has 1 aromatic rings. The highest BCUT2D eigenvalue weighted by Gasteiger charge is 2.64. The molecule has 1 saturated carbocycles. The van der Waals surface area contributed by atoms with Gasteiger partial charge in [0, 0.05) is 12.2 Å². The predicted octanol–water partition coefficient (Wildman–Crippen LogP) is 3.22. The Balaban J connectivity index is 1.69. The summed E-state index contributed by atoms with van der Waals surface area (Å²) in [5.74, 6) is -0.0423. The van der Waals surface area contributed by atoms with Gasteiger partial charge in [-0.1, -0.05) is 42.5 Å². The van der Waals surface area contributed by atoms with Gasteiger partial charge in [-0.25, -0.2) is 4.79 Å². The molecular weight excluding hydrogens is 272 g/mol. The van der Waals surface area contributed by atoms with Crippen LogP contribution in [0.25, 0.3) is 0 Å². The molecule has 4 heteroatoms. The molecule has 2 heterocycles. The van der Waals surface area contributed by atoms with Gasteiger partial charge in [-0.05, 0) is 18.4 Å². The second kappa shape index (κ2) is 4.37. The van der Waals surface area contributed by atoms with E-state index in [2.05, 4.69) is 12.2 Å². The fourth-order valence-electron chi connectivity index (χ4n) is 3.47. The van der Waals surface area contributed by atoms with Crippen LogP contribution >= 0.6 is 11.8 Å². The number of thioether (sulfide) groups is 1. The van der Waals surface area contributed by atoms with Crippen molar-refractivity contribution in [1.29, 1.82) is 0 Å². The van der Waals surface area contributed by atoms with Crippen LogP contribution in [0.5, 0.6) is 0 Å². The fourth-order valence-corrected chi connectivity index (χ4v) is 4.85. The molecule has 2 spiro atoms. The van der Waals surface area contributed by atoms with Crippen molar-refractivity contribution in [2.75, 3.05) is 5.75 Å². The number of rotatable bonds is 1. The molecule has 4 rings (SSSR count). The second-order valence-electron chi connectivity index (χ2n) is 5.54. The lowest BCUT2D eigenvalue weighted by atomic mass is 10.0. The molecule has 3 aliphatic rings. The van der Waals surface area contributed by atoms with Crippen LogP contribution in [-0.2, 0) is 14.3 Å². The summed E-state index contributed by atoms with van der Waals surface area (Å²) in [6.07, 6.45) is 6.60. The van der Waals surface area contributed by atoms with E-state index in [9.17, 15) is 4.79 Å². The molecule has 0 aromatic heterocycles. The van der Waals surface area contributed by atoms with Crippen molar-refractivity contribution in [1.82, 2.24) is 0 Å². The molecule has 0 amide bonds. The summed E-state index contributed by atoms with van der Waals surface area (Å²) < 4.78 is 11.8. The maximum absolute atomic E-state index is 12.3. The zero-order chi connectivity index (χ0) is 13.6. The van der Waals surface area contributed by atoms with Crippen molar-refractivity contribution in [2.45, 2.75) is 35.9 Å². The molecule has 1 aromatic carbocycles. The molecule has 1 unspecified atom stereocenters. The van der Waals surface area contributed by atoms with Crippen molar-refractivity contribution in [3.05, 3.63) is 48.0 Å². The van der Waals surface area contributed by atoms with Crippen LogP contribution in [0, 0.1) is 0 Å². The van der Waals surface area contributed by atoms with E-state index in [1.165, 1.54) is 0 Å². The van der Waals surface area contributed by atoms with Gasteiger partial charge < -0.3 is 9.47 Å². The van der Waals surface area contributed by atoms with Gasteiger partial charge in [0.1, 0.15) is 0 Å². The monoisotopic (exact) mass is 288 g/mol. The van der Waals surface area contributed by atoms with Crippen LogP contribution in [0.1, 0.15) is 30.9 Å². The number of carbonyl (C=O) groups excluding carboxylic acids is 1. The molecule has 0 bridgehead atoms. The first kappa shape index (κ1) is 12.5. The van der Waals surface area contributed by atoms with Gasteiger partial charge in [0.25, 0.3) is 0 Å². The number of benzene rings is 1. The minimum absolute atomic E-state index is 0.174. The lowest BCUT2D eigenvalue weighted by Gasteiger charge is -2.36. The van der Waals surface area contributed by atoms with Crippen LogP contribution in [-0.4, -0.2) is 22.3 Å². The molecule has 2 aliphatic heterocycles. The Hall–Kier alpha value is -1.26. The van der Waals surface area contributed by atoms with E-state index in [1.54, 1.807) is 0 Å². The first-order valence-electron chi connectivity index (χ1n) is 7.02. The largest absolute Gasteiger partial charge is 0.429 e. The van der Waals surface area contributed by atoms with E-state index in [0.29, 0.717) is 0 Å². The van der Waals surface area contributed by atoms with Gasteiger partial charge in [-0.15, -0.1) is 11.8 Å². The van der Waals surface area contributed by atoms with E-state index in [1.807, 2.05) is 42.1 Å². The van der Waals surface area contributed by atoms with Gasteiger partial charge in [0.15, 0.2) is 6.10 Å². The van der Waals surface area contributed by atoms with Crippen molar-refractivity contribution in [3.63, 3.8) is 0 Å². The highest BCUT2D eigenvalue weighted by molar-refractivity contribution is 8.01. The van der Waals surface area contributed by atoms with Crippen LogP contribution in [0.4, 0.5) is 0 Å². The molecule has 104 valence electrons. The van der Waals surface area contributed by atoms with Crippen molar-refractivity contribution < 1.29 is 14.3 Å². The van der Waals surface area contributed by atoms with E-state index >= 15 is 0 Å². The van der Waals surface area contributed by atoms with Crippen molar-refractivity contribution in [2.24, 2.45) is 0 Å². The summed E-state index contributed by atoms with van der Waals surface area (Å²) in [4.78, 5) is 12.3. The first-order valence-corrected chi connectivity index (χ1v) is 8.01. The quantitative estimate of drug-likeness (QED) is 0.587. The predicted molar refractivity (Wildman–Crippen MR) is 77.3 cm³/mol. The highest BCUT2D eigenvalue weighted by atomic mass is 32.2. The van der Waals surface area contributed by atoms with E-state index in [-0.39, 0.29) is 10.7 Å². The molecule has 0 N–H and O–H groups in total. The topological polar surface area (TPSA) is 35.5 Å². The zero-order valence-electron chi connectivity index (χ0n) is 11.1. The lowest BCUT2D eigenvalue weighted by Crippen LogP contribution is -2.46. The molecule has 1 aliphatic carbocycles. The molecule has 0 radical (unpaired) electrons. The molecular formula is C16H16O3S. The van der Waals surface area contributed by atoms with Crippen LogP contribution in [0.15, 0.2) is 42.5 Å². The molecule has 2 fully saturated rings. The first-order chi connectivity index (χ1) is 9.75. The lowest BCUT2D eigenvalue weighted by molar-refractivity contribution is -0.180. The Kier molecular flexibility index (Phi) is 2.72. The third-order valence-electron chi connectivity index (χ3n) is 4.41. The van der Waals surface area contributed by atoms with Crippen molar-refractivity contribution >= 4 is 17.7 Å². The summed E-state index contributed by atoms with van der Waals surface area (Å²) in [6.45, 7) is 0. The normalized spacial score (nSPS) is 39.0. The average Bonchev–Trinajstić information content (AvgIpc) is 3.15. The standard InChI is InChI=1S/C16H16O3S/c17-14-13(12-6-2-1-3-7-12)18-16(19-14)10-4-8-15(16)9-5-11-20-15/h1-3,5-7,9,13H,4,8,10-11H2/t13?,15-,16-/m0/s1. The second-order valence-corrected chi connectivity index (χ2v) is 6.89. The minimum Gasteiger partial charge on any atom is -0.429 e. The van der Waals surface area contributed by atoms with Crippen LogP contribution < -0.4 is 0 Å². The van der Waals surface area contributed by atoms with E-state index in [0.717, 1.165) is 30.6 Å². The number of hydrogen-bond donors (Lipinski definition) is 0. The number of hydrogen-bond acceptors (Lipinski definition) is 4. The highest BCUT2D eigenvalue weighted by Crippen LogP contribution is 2.58. The van der Waals surface area contributed by atoms with Crippen molar-refractivity contribution in [3.8, 4) is 0 Å².